The monoisotopic (exact) mass is 122 g/mol. The van der Waals surface area contributed by atoms with E-state index < -0.39 is 0 Å². The molecule has 1 heteroatoms. The Morgan fingerprint density at radius 1 is 1.22 bits per heavy atom. The molecule has 1 aromatic rings. The van der Waals surface area contributed by atoms with Gasteiger partial charge in [-0.05, 0) is 24.1 Å². The lowest BCUT2D eigenvalue weighted by molar-refractivity contribution is -0.254. The van der Waals surface area contributed by atoms with Crippen molar-refractivity contribution < 1.29 is 5.73 Å². The van der Waals surface area contributed by atoms with Gasteiger partial charge in [0.15, 0.2) is 0 Å². The molecule has 0 spiro atoms. The van der Waals surface area contributed by atoms with Gasteiger partial charge in [-0.15, -0.1) is 0 Å². The molecule has 0 aliphatic carbocycles. The summed E-state index contributed by atoms with van der Waals surface area (Å²) in [5, 5.41) is 0. The lowest BCUT2D eigenvalue weighted by Gasteiger charge is -1.92. The molecular formula is C8H12N+. The van der Waals surface area contributed by atoms with Crippen LogP contribution in [0.1, 0.15) is 12.5 Å². The van der Waals surface area contributed by atoms with E-state index in [1.165, 1.54) is 5.56 Å². The van der Waals surface area contributed by atoms with Crippen LogP contribution in [0.25, 0.3) is 0 Å². The van der Waals surface area contributed by atoms with E-state index in [1.54, 1.807) is 0 Å². The average molecular weight is 122 g/mol. The molecule has 0 atom stereocenters. The Hall–Kier alpha value is -0.820. The van der Waals surface area contributed by atoms with Crippen LogP contribution in [0.2, 0.25) is 0 Å². The molecule has 1 nitrogen and oxygen atoms in total. The largest absolute Gasteiger partial charge is 0.325 e. The van der Waals surface area contributed by atoms with Crippen LogP contribution < -0.4 is 5.73 Å². The van der Waals surface area contributed by atoms with Gasteiger partial charge in [0.1, 0.15) is 5.69 Å². The summed E-state index contributed by atoms with van der Waals surface area (Å²) in [7, 11) is 0. The highest BCUT2D eigenvalue weighted by atomic mass is 14.5. The molecule has 3 N–H and O–H groups in total. The van der Waals surface area contributed by atoms with Crippen LogP contribution in [0.3, 0.4) is 0 Å². The average Bonchev–Trinajstić information content (AvgIpc) is 1.90. The molecule has 1 rings (SSSR count). The van der Waals surface area contributed by atoms with Crippen molar-refractivity contribution in [2.45, 2.75) is 13.3 Å². The summed E-state index contributed by atoms with van der Waals surface area (Å²) in [6, 6.07) is 8.31. The molecule has 0 fully saturated rings. The standard InChI is InChI=1S/C8H11N/c1-2-7-3-5-8(9)6-4-7/h3-6H,2,9H2,1H3/p+1. The highest BCUT2D eigenvalue weighted by Gasteiger charge is 1.87. The zero-order valence-electron chi connectivity index (χ0n) is 5.72. The Kier molecular flexibility index (Phi) is 1.85. The molecular weight excluding hydrogens is 110 g/mol. The fourth-order valence-electron chi connectivity index (χ4n) is 0.775. The van der Waals surface area contributed by atoms with E-state index in [2.05, 4.69) is 24.8 Å². The van der Waals surface area contributed by atoms with Gasteiger partial charge < -0.3 is 5.73 Å². The highest BCUT2D eigenvalue weighted by molar-refractivity contribution is 5.30. The lowest BCUT2D eigenvalue weighted by Crippen LogP contribution is -2.39. The summed E-state index contributed by atoms with van der Waals surface area (Å²) in [6.07, 6.45) is 1.11. The quantitative estimate of drug-likeness (QED) is 0.578. The summed E-state index contributed by atoms with van der Waals surface area (Å²) < 4.78 is 0. The summed E-state index contributed by atoms with van der Waals surface area (Å²) in [5.74, 6) is 0. The first-order valence-corrected chi connectivity index (χ1v) is 3.24. The molecule has 0 saturated carbocycles. The maximum atomic E-state index is 3.80. The van der Waals surface area contributed by atoms with E-state index in [9.17, 15) is 0 Å². The number of quaternary nitrogens is 1. The Morgan fingerprint density at radius 3 is 2.22 bits per heavy atom. The minimum Gasteiger partial charge on any atom is -0.325 e. The second-order valence-electron chi connectivity index (χ2n) is 2.17. The molecule has 0 amide bonds. The second kappa shape index (κ2) is 2.65. The van der Waals surface area contributed by atoms with Gasteiger partial charge in [-0.3, -0.25) is 0 Å². The first-order valence-electron chi connectivity index (χ1n) is 3.24. The minimum atomic E-state index is 1.09. The zero-order chi connectivity index (χ0) is 6.69. The normalized spacial score (nSPS) is 9.56. The van der Waals surface area contributed by atoms with Gasteiger partial charge in [0.05, 0.1) is 0 Å². The van der Waals surface area contributed by atoms with Crippen molar-refractivity contribution in [1.82, 2.24) is 0 Å². The third-order valence-corrected chi connectivity index (χ3v) is 1.43. The smallest absolute Gasteiger partial charge is 0.127 e. The molecule has 0 bridgehead atoms. The Bertz CT molecular complexity index is 176. The van der Waals surface area contributed by atoms with Gasteiger partial charge in [-0.25, -0.2) is 0 Å². The predicted octanol–water partition coefficient (Wildman–Crippen LogP) is 1.12. The van der Waals surface area contributed by atoms with Crippen molar-refractivity contribution in [1.29, 1.82) is 0 Å². The topological polar surface area (TPSA) is 27.6 Å². The van der Waals surface area contributed by atoms with Crippen LogP contribution in [0.5, 0.6) is 0 Å². The van der Waals surface area contributed by atoms with Gasteiger partial charge in [-0.1, -0.05) is 19.1 Å². The summed E-state index contributed by atoms with van der Waals surface area (Å²) in [4.78, 5) is 0. The van der Waals surface area contributed by atoms with E-state index in [0.29, 0.717) is 0 Å². The molecule has 0 saturated heterocycles. The van der Waals surface area contributed by atoms with Gasteiger partial charge in [0.25, 0.3) is 0 Å². The van der Waals surface area contributed by atoms with Crippen molar-refractivity contribution >= 4 is 5.69 Å². The first kappa shape index (κ1) is 6.30. The second-order valence-corrected chi connectivity index (χ2v) is 2.17. The van der Waals surface area contributed by atoms with E-state index in [0.717, 1.165) is 12.1 Å². The van der Waals surface area contributed by atoms with E-state index in [4.69, 9.17) is 0 Å². The Labute approximate surface area is 55.5 Å². The van der Waals surface area contributed by atoms with E-state index in [-0.39, 0.29) is 0 Å². The highest BCUT2D eigenvalue weighted by Crippen LogP contribution is 2.03. The van der Waals surface area contributed by atoms with E-state index in [1.807, 2.05) is 12.1 Å². The van der Waals surface area contributed by atoms with Gasteiger partial charge in [0.2, 0.25) is 0 Å². The van der Waals surface area contributed by atoms with Gasteiger partial charge in [-0.2, -0.15) is 0 Å². The maximum absolute atomic E-state index is 3.80. The van der Waals surface area contributed by atoms with Crippen molar-refractivity contribution in [3.05, 3.63) is 29.8 Å². The van der Waals surface area contributed by atoms with Crippen LogP contribution in [0.15, 0.2) is 24.3 Å². The van der Waals surface area contributed by atoms with Crippen LogP contribution in [-0.4, -0.2) is 0 Å². The van der Waals surface area contributed by atoms with Crippen LogP contribution in [0, 0.1) is 0 Å². The van der Waals surface area contributed by atoms with Crippen molar-refractivity contribution in [3.8, 4) is 0 Å². The molecule has 0 aromatic heterocycles. The van der Waals surface area contributed by atoms with Crippen molar-refractivity contribution in [2.24, 2.45) is 0 Å². The molecule has 48 valence electrons. The third-order valence-electron chi connectivity index (χ3n) is 1.43. The molecule has 0 unspecified atom stereocenters. The van der Waals surface area contributed by atoms with Crippen LogP contribution >= 0.6 is 0 Å². The fourth-order valence-corrected chi connectivity index (χ4v) is 0.775. The molecule has 1 aromatic carbocycles. The van der Waals surface area contributed by atoms with E-state index >= 15 is 0 Å². The van der Waals surface area contributed by atoms with Crippen LogP contribution in [0.4, 0.5) is 5.69 Å². The zero-order valence-corrected chi connectivity index (χ0v) is 5.72. The number of hydrogen-bond donors (Lipinski definition) is 1. The van der Waals surface area contributed by atoms with Gasteiger partial charge >= 0.3 is 0 Å². The Balaban J connectivity index is 2.88. The predicted molar refractivity (Wildman–Crippen MR) is 38.4 cm³/mol. The molecule has 0 heterocycles. The SMILES string of the molecule is CCc1ccc([NH3+])cc1. The molecule has 9 heavy (non-hydrogen) atoms. The van der Waals surface area contributed by atoms with Crippen molar-refractivity contribution in [2.75, 3.05) is 0 Å². The van der Waals surface area contributed by atoms with Gasteiger partial charge in [0, 0.05) is 0 Å². The maximum Gasteiger partial charge on any atom is 0.127 e. The number of hydrogen-bond acceptors (Lipinski definition) is 0. The molecule has 0 aliphatic rings. The summed E-state index contributed by atoms with van der Waals surface area (Å²) in [6.45, 7) is 2.15. The fraction of sp³-hybridized carbons (Fsp3) is 0.250. The van der Waals surface area contributed by atoms with Crippen molar-refractivity contribution in [3.63, 3.8) is 0 Å². The number of aryl methyl sites for hydroxylation is 1. The molecule has 0 radical (unpaired) electrons. The minimum absolute atomic E-state index is 1.09. The third kappa shape index (κ3) is 1.54. The Morgan fingerprint density at radius 2 is 1.78 bits per heavy atom. The lowest BCUT2D eigenvalue weighted by atomic mass is 10.2. The first-order chi connectivity index (χ1) is 4.33. The van der Waals surface area contributed by atoms with Crippen LogP contribution in [-0.2, 0) is 6.42 Å². The summed E-state index contributed by atoms with van der Waals surface area (Å²) >= 11 is 0. The number of rotatable bonds is 1. The molecule has 0 aliphatic heterocycles. The number of benzene rings is 1. The summed E-state index contributed by atoms with van der Waals surface area (Å²) in [5.41, 5.74) is 6.26.